The molecule has 2 aromatic carbocycles. The number of rotatable bonds is 5. The minimum atomic E-state index is -4.35. The molecule has 1 N–H and O–H groups in total. The molecule has 0 saturated carbocycles. The summed E-state index contributed by atoms with van der Waals surface area (Å²) in [6, 6.07) is 9.75. The first-order valence-corrected chi connectivity index (χ1v) is 6.50. The van der Waals surface area contributed by atoms with E-state index in [1.54, 1.807) is 18.2 Å². The van der Waals surface area contributed by atoms with Gasteiger partial charge in [-0.05, 0) is 35.4 Å². The van der Waals surface area contributed by atoms with Gasteiger partial charge in [-0.25, -0.2) is 0 Å². The Hall–Kier alpha value is -2.21. The van der Waals surface area contributed by atoms with Crippen molar-refractivity contribution in [3.63, 3.8) is 0 Å². The van der Waals surface area contributed by atoms with E-state index >= 15 is 0 Å². The molecule has 0 heterocycles. The van der Waals surface area contributed by atoms with Crippen LogP contribution in [0, 0.1) is 0 Å². The standard InChI is InChI=1S/C16H15F3O3/c1-21-14-7-4-12(9-20)8-15(14)22-10-11-2-5-13(6-3-11)16(17,18)19/h2-8,20H,9-10H2,1H3. The van der Waals surface area contributed by atoms with Crippen LogP contribution in [0.15, 0.2) is 42.5 Å². The highest BCUT2D eigenvalue weighted by Crippen LogP contribution is 2.31. The molecule has 0 aromatic heterocycles. The first-order valence-electron chi connectivity index (χ1n) is 6.50. The van der Waals surface area contributed by atoms with Gasteiger partial charge in [0.15, 0.2) is 11.5 Å². The van der Waals surface area contributed by atoms with E-state index < -0.39 is 11.7 Å². The van der Waals surface area contributed by atoms with E-state index in [-0.39, 0.29) is 13.2 Å². The van der Waals surface area contributed by atoms with Crippen LogP contribution in [-0.2, 0) is 19.4 Å². The summed E-state index contributed by atoms with van der Waals surface area (Å²) in [7, 11) is 1.49. The zero-order valence-corrected chi connectivity index (χ0v) is 11.9. The van der Waals surface area contributed by atoms with Gasteiger partial charge in [-0.1, -0.05) is 18.2 Å². The topological polar surface area (TPSA) is 38.7 Å². The Morgan fingerprint density at radius 3 is 2.14 bits per heavy atom. The second kappa shape index (κ2) is 6.70. The maximum Gasteiger partial charge on any atom is 0.416 e. The van der Waals surface area contributed by atoms with Crippen LogP contribution < -0.4 is 9.47 Å². The van der Waals surface area contributed by atoms with Crippen molar-refractivity contribution in [2.24, 2.45) is 0 Å². The molecule has 0 aliphatic rings. The summed E-state index contributed by atoms with van der Waals surface area (Å²) in [5, 5.41) is 9.11. The molecule has 0 radical (unpaired) electrons. The smallest absolute Gasteiger partial charge is 0.416 e. The van der Waals surface area contributed by atoms with Crippen molar-refractivity contribution in [3.8, 4) is 11.5 Å². The predicted octanol–water partition coefficient (Wildman–Crippen LogP) is 3.79. The molecule has 0 saturated heterocycles. The molecule has 2 aromatic rings. The zero-order chi connectivity index (χ0) is 16.2. The average molecular weight is 312 g/mol. The number of benzene rings is 2. The van der Waals surface area contributed by atoms with E-state index in [1.807, 2.05) is 0 Å². The molecule has 22 heavy (non-hydrogen) atoms. The van der Waals surface area contributed by atoms with Crippen LogP contribution >= 0.6 is 0 Å². The monoisotopic (exact) mass is 312 g/mol. The van der Waals surface area contributed by atoms with E-state index in [0.717, 1.165) is 12.1 Å². The van der Waals surface area contributed by atoms with Gasteiger partial charge in [0.2, 0.25) is 0 Å². The zero-order valence-electron chi connectivity index (χ0n) is 11.9. The molecule has 0 aliphatic heterocycles. The third-order valence-corrected chi connectivity index (χ3v) is 3.09. The van der Waals surface area contributed by atoms with Gasteiger partial charge in [0.25, 0.3) is 0 Å². The molecular formula is C16H15F3O3. The summed E-state index contributed by atoms with van der Waals surface area (Å²) >= 11 is 0. The molecule has 0 spiro atoms. The largest absolute Gasteiger partial charge is 0.493 e. The molecule has 118 valence electrons. The fourth-order valence-corrected chi connectivity index (χ4v) is 1.88. The van der Waals surface area contributed by atoms with Gasteiger partial charge in [-0.15, -0.1) is 0 Å². The van der Waals surface area contributed by atoms with E-state index in [4.69, 9.17) is 14.6 Å². The van der Waals surface area contributed by atoms with E-state index in [2.05, 4.69) is 0 Å². The highest BCUT2D eigenvalue weighted by molar-refractivity contribution is 5.43. The summed E-state index contributed by atoms with van der Waals surface area (Å²) < 4.78 is 48.1. The van der Waals surface area contributed by atoms with Crippen LogP contribution in [0.4, 0.5) is 13.2 Å². The fraction of sp³-hybridized carbons (Fsp3) is 0.250. The third kappa shape index (κ3) is 3.92. The van der Waals surface area contributed by atoms with Crippen LogP contribution in [0.2, 0.25) is 0 Å². The molecule has 0 atom stereocenters. The lowest BCUT2D eigenvalue weighted by Gasteiger charge is -2.12. The molecule has 6 heteroatoms. The number of ether oxygens (including phenoxy) is 2. The summed E-state index contributed by atoms with van der Waals surface area (Å²) in [5.74, 6) is 0.915. The number of hydrogen-bond donors (Lipinski definition) is 1. The van der Waals surface area contributed by atoms with Crippen molar-refractivity contribution in [1.29, 1.82) is 0 Å². The Morgan fingerprint density at radius 2 is 1.59 bits per heavy atom. The molecule has 0 aliphatic carbocycles. The Morgan fingerprint density at radius 1 is 0.955 bits per heavy atom. The molecule has 0 unspecified atom stereocenters. The Bertz CT molecular complexity index is 622. The number of methoxy groups -OCH3 is 1. The Balaban J connectivity index is 2.09. The van der Waals surface area contributed by atoms with Crippen molar-refractivity contribution in [3.05, 3.63) is 59.2 Å². The second-order valence-corrected chi connectivity index (χ2v) is 4.63. The van der Waals surface area contributed by atoms with Crippen molar-refractivity contribution >= 4 is 0 Å². The van der Waals surface area contributed by atoms with Crippen molar-refractivity contribution in [2.75, 3.05) is 7.11 Å². The number of aliphatic hydroxyl groups excluding tert-OH is 1. The van der Waals surface area contributed by atoms with Crippen LogP contribution in [0.1, 0.15) is 16.7 Å². The highest BCUT2D eigenvalue weighted by atomic mass is 19.4. The number of aliphatic hydroxyl groups is 1. The minimum Gasteiger partial charge on any atom is -0.493 e. The Kier molecular flexibility index (Phi) is 4.92. The third-order valence-electron chi connectivity index (χ3n) is 3.09. The fourth-order valence-electron chi connectivity index (χ4n) is 1.88. The highest BCUT2D eigenvalue weighted by Gasteiger charge is 2.29. The van der Waals surface area contributed by atoms with Gasteiger partial charge in [-0.2, -0.15) is 13.2 Å². The van der Waals surface area contributed by atoms with E-state index in [1.165, 1.54) is 19.2 Å². The van der Waals surface area contributed by atoms with E-state index in [9.17, 15) is 13.2 Å². The summed E-state index contributed by atoms with van der Waals surface area (Å²) in [6.45, 7) is -0.0377. The van der Waals surface area contributed by atoms with Crippen LogP contribution in [0.5, 0.6) is 11.5 Å². The number of halogens is 3. The van der Waals surface area contributed by atoms with Crippen LogP contribution in [0.25, 0.3) is 0 Å². The number of alkyl halides is 3. The second-order valence-electron chi connectivity index (χ2n) is 4.63. The maximum absolute atomic E-state index is 12.5. The lowest BCUT2D eigenvalue weighted by molar-refractivity contribution is -0.137. The molecular weight excluding hydrogens is 297 g/mol. The number of hydrogen-bond acceptors (Lipinski definition) is 3. The first kappa shape index (κ1) is 16.2. The molecule has 0 amide bonds. The molecule has 3 nitrogen and oxygen atoms in total. The van der Waals surface area contributed by atoms with Gasteiger partial charge < -0.3 is 14.6 Å². The van der Waals surface area contributed by atoms with Crippen molar-refractivity contribution in [1.82, 2.24) is 0 Å². The maximum atomic E-state index is 12.5. The molecule has 0 bridgehead atoms. The van der Waals surface area contributed by atoms with Gasteiger partial charge in [-0.3, -0.25) is 0 Å². The normalized spacial score (nSPS) is 11.3. The lowest BCUT2D eigenvalue weighted by Crippen LogP contribution is -2.05. The summed E-state index contributed by atoms with van der Waals surface area (Å²) in [5.41, 5.74) is 0.559. The lowest BCUT2D eigenvalue weighted by atomic mass is 10.1. The van der Waals surface area contributed by atoms with Crippen molar-refractivity contribution < 1.29 is 27.8 Å². The average Bonchev–Trinajstić information content (AvgIpc) is 2.52. The van der Waals surface area contributed by atoms with Crippen LogP contribution in [0.3, 0.4) is 0 Å². The minimum absolute atomic E-state index is 0.101. The van der Waals surface area contributed by atoms with Gasteiger partial charge >= 0.3 is 6.18 Å². The van der Waals surface area contributed by atoms with Gasteiger partial charge in [0.05, 0.1) is 19.3 Å². The molecule has 0 fully saturated rings. The first-order chi connectivity index (χ1) is 10.4. The van der Waals surface area contributed by atoms with E-state index in [0.29, 0.717) is 22.6 Å². The van der Waals surface area contributed by atoms with Crippen molar-refractivity contribution in [2.45, 2.75) is 19.4 Å². The summed E-state index contributed by atoms with van der Waals surface area (Å²) in [4.78, 5) is 0. The Labute approximate surface area is 125 Å². The summed E-state index contributed by atoms with van der Waals surface area (Å²) in [6.07, 6.45) is -4.35. The SMILES string of the molecule is COc1ccc(CO)cc1OCc1ccc(C(F)(F)F)cc1. The molecule has 2 rings (SSSR count). The van der Waals surface area contributed by atoms with Gasteiger partial charge in [0, 0.05) is 0 Å². The quantitative estimate of drug-likeness (QED) is 0.913. The van der Waals surface area contributed by atoms with Gasteiger partial charge in [0.1, 0.15) is 6.61 Å². The van der Waals surface area contributed by atoms with Crippen LogP contribution in [-0.4, -0.2) is 12.2 Å². The predicted molar refractivity (Wildman–Crippen MR) is 74.7 cm³/mol.